The van der Waals surface area contributed by atoms with E-state index >= 15 is 0 Å². The fraction of sp³-hybridized carbons (Fsp3) is 0.643. The molecular formula is C14H23N3. The minimum atomic E-state index is 0.587. The average Bonchev–Trinajstić information content (AvgIpc) is 2.38. The molecule has 0 bridgehead atoms. The van der Waals surface area contributed by atoms with E-state index in [1.54, 1.807) is 0 Å². The van der Waals surface area contributed by atoms with Crippen LogP contribution in [0.3, 0.4) is 0 Å². The zero-order valence-electron chi connectivity index (χ0n) is 10.9. The first-order chi connectivity index (χ1) is 8.24. The van der Waals surface area contributed by atoms with Gasteiger partial charge in [0.2, 0.25) is 0 Å². The van der Waals surface area contributed by atoms with Crippen molar-refractivity contribution >= 4 is 5.69 Å². The smallest absolute Gasteiger partial charge is 0.0598 e. The highest BCUT2D eigenvalue weighted by molar-refractivity contribution is 5.52. The Hall–Kier alpha value is -1.09. The normalized spacial score (nSPS) is 24.6. The third kappa shape index (κ3) is 2.60. The van der Waals surface area contributed by atoms with Crippen LogP contribution in [-0.4, -0.2) is 18.1 Å². The van der Waals surface area contributed by atoms with Gasteiger partial charge in [-0.05, 0) is 30.4 Å². The lowest BCUT2D eigenvalue weighted by Crippen LogP contribution is -2.39. The van der Waals surface area contributed by atoms with Crippen molar-refractivity contribution in [3.05, 3.63) is 24.0 Å². The molecular weight excluding hydrogens is 210 g/mol. The van der Waals surface area contributed by atoms with Gasteiger partial charge in [0.15, 0.2) is 0 Å². The molecule has 1 aliphatic carbocycles. The Morgan fingerprint density at radius 1 is 1.41 bits per heavy atom. The van der Waals surface area contributed by atoms with Gasteiger partial charge >= 0.3 is 0 Å². The SMILES string of the molecule is CC1CCCCC1N(C)c1cnccc1CN. The van der Waals surface area contributed by atoms with Gasteiger partial charge in [0.05, 0.1) is 11.9 Å². The molecule has 0 aliphatic heterocycles. The van der Waals surface area contributed by atoms with Crippen LogP contribution in [0.5, 0.6) is 0 Å². The van der Waals surface area contributed by atoms with Crippen LogP contribution in [0.4, 0.5) is 5.69 Å². The molecule has 0 spiro atoms. The third-order valence-electron chi connectivity index (χ3n) is 4.05. The quantitative estimate of drug-likeness (QED) is 0.872. The molecule has 3 heteroatoms. The molecule has 1 saturated carbocycles. The van der Waals surface area contributed by atoms with E-state index in [2.05, 4.69) is 23.9 Å². The van der Waals surface area contributed by atoms with Gasteiger partial charge < -0.3 is 10.6 Å². The highest BCUT2D eigenvalue weighted by atomic mass is 15.1. The minimum absolute atomic E-state index is 0.587. The predicted molar refractivity (Wildman–Crippen MR) is 72.0 cm³/mol. The molecule has 2 rings (SSSR count). The van der Waals surface area contributed by atoms with E-state index in [0.717, 1.165) is 5.92 Å². The second-order valence-corrected chi connectivity index (χ2v) is 5.15. The lowest BCUT2D eigenvalue weighted by molar-refractivity contribution is 0.321. The minimum Gasteiger partial charge on any atom is -0.370 e. The predicted octanol–water partition coefficient (Wildman–Crippen LogP) is 2.56. The number of hydrogen-bond acceptors (Lipinski definition) is 3. The summed E-state index contributed by atoms with van der Waals surface area (Å²) in [6.07, 6.45) is 9.12. The Kier molecular flexibility index (Phi) is 4.00. The molecule has 3 nitrogen and oxygen atoms in total. The van der Waals surface area contributed by atoms with Crippen LogP contribution in [0.15, 0.2) is 18.5 Å². The van der Waals surface area contributed by atoms with Crippen LogP contribution in [0.25, 0.3) is 0 Å². The van der Waals surface area contributed by atoms with E-state index < -0.39 is 0 Å². The molecule has 1 fully saturated rings. The number of anilines is 1. The molecule has 0 amide bonds. The molecule has 1 heterocycles. The second kappa shape index (κ2) is 5.50. The van der Waals surface area contributed by atoms with Gasteiger partial charge in [-0.3, -0.25) is 4.98 Å². The van der Waals surface area contributed by atoms with Gasteiger partial charge in [-0.1, -0.05) is 19.8 Å². The van der Waals surface area contributed by atoms with Crippen molar-refractivity contribution in [2.45, 2.75) is 45.2 Å². The maximum Gasteiger partial charge on any atom is 0.0598 e. The third-order valence-corrected chi connectivity index (χ3v) is 4.05. The van der Waals surface area contributed by atoms with E-state index in [0.29, 0.717) is 12.6 Å². The molecule has 1 aliphatic rings. The average molecular weight is 233 g/mol. The van der Waals surface area contributed by atoms with Crippen molar-refractivity contribution in [1.29, 1.82) is 0 Å². The number of aromatic nitrogens is 1. The van der Waals surface area contributed by atoms with Gasteiger partial charge in [0.25, 0.3) is 0 Å². The molecule has 0 radical (unpaired) electrons. The lowest BCUT2D eigenvalue weighted by atomic mass is 9.85. The van der Waals surface area contributed by atoms with Gasteiger partial charge in [-0.25, -0.2) is 0 Å². The fourth-order valence-corrected chi connectivity index (χ4v) is 2.96. The summed E-state index contributed by atoms with van der Waals surface area (Å²) >= 11 is 0. The van der Waals surface area contributed by atoms with Crippen LogP contribution in [0.1, 0.15) is 38.2 Å². The van der Waals surface area contributed by atoms with Crippen molar-refractivity contribution in [2.24, 2.45) is 11.7 Å². The van der Waals surface area contributed by atoms with Gasteiger partial charge in [-0.15, -0.1) is 0 Å². The molecule has 0 aromatic carbocycles. The highest BCUT2D eigenvalue weighted by Crippen LogP contribution is 2.31. The van der Waals surface area contributed by atoms with Gasteiger partial charge in [-0.2, -0.15) is 0 Å². The Balaban J connectivity index is 2.20. The molecule has 1 aromatic rings. The van der Waals surface area contributed by atoms with Crippen LogP contribution >= 0.6 is 0 Å². The van der Waals surface area contributed by atoms with Crippen LogP contribution in [0, 0.1) is 5.92 Å². The van der Waals surface area contributed by atoms with E-state index in [4.69, 9.17) is 5.73 Å². The van der Waals surface area contributed by atoms with Gasteiger partial charge in [0, 0.05) is 25.8 Å². The number of nitrogens with two attached hydrogens (primary N) is 1. The number of rotatable bonds is 3. The Labute approximate surface area is 104 Å². The van der Waals surface area contributed by atoms with Crippen molar-refractivity contribution in [3.8, 4) is 0 Å². The summed E-state index contributed by atoms with van der Waals surface area (Å²) in [5.74, 6) is 0.764. The Bertz CT molecular complexity index is 364. The molecule has 2 unspecified atom stereocenters. The van der Waals surface area contributed by atoms with E-state index in [1.807, 2.05) is 18.5 Å². The Morgan fingerprint density at radius 2 is 2.18 bits per heavy atom. The summed E-state index contributed by atoms with van der Waals surface area (Å²) in [4.78, 5) is 6.62. The zero-order valence-corrected chi connectivity index (χ0v) is 10.9. The zero-order chi connectivity index (χ0) is 12.3. The first kappa shape index (κ1) is 12.4. The van der Waals surface area contributed by atoms with Crippen LogP contribution in [-0.2, 0) is 6.54 Å². The topological polar surface area (TPSA) is 42.2 Å². The molecule has 1 aromatic heterocycles. The summed E-state index contributed by atoms with van der Waals surface area (Å²) in [5, 5.41) is 0. The molecule has 0 saturated heterocycles. The number of hydrogen-bond donors (Lipinski definition) is 1. The molecule has 2 atom stereocenters. The molecule has 17 heavy (non-hydrogen) atoms. The highest BCUT2D eigenvalue weighted by Gasteiger charge is 2.26. The van der Waals surface area contributed by atoms with Crippen molar-refractivity contribution in [2.75, 3.05) is 11.9 Å². The van der Waals surface area contributed by atoms with Crippen LogP contribution < -0.4 is 10.6 Å². The maximum atomic E-state index is 5.80. The van der Waals surface area contributed by atoms with Crippen molar-refractivity contribution < 1.29 is 0 Å². The molecule has 94 valence electrons. The number of pyridine rings is 1. The lowest BCUT2D eigenvalue weighted by Gasteiger charge is -2.38. The van der Waals surface area contributed by atoms with Gasteiger partial charge in [0.1, 0.15) is 0 Å². The maximum absolute atomic E-state index is 5.80. The molecule has 2 N–H and O–H groups in total. The first-order valence-electron chi connectivity index (χ1n) is 6.60. The van der Waals surface area contributed by atoms with E-state index in [-0.39, 0.29) is 0 Å². The summed E-state index contributed by atoms with van der Waals surface area (Å²) < 4.78 is 0. The van der Waals surface area contributed by atoms with Crippen molar-refractivity contribution in [1.82, 2.24) is 4.98 Å². The standard InChI is InChI=1S/C14H23N3/c1-11-5-3-4-6-13(11)17(2)14-10-16-8-7-12(14)9-15/h7-8,10-11,13H,3-6,9,15H2,1-2H3. The summed E-state index contributed by atoms with van der Waals surface area (Å²) in [7, 11) is 2.18. The van der Waals surface area contributed by atoms with Crippen LogP contribution in [0.2, 0.25) is 0 Å². The van der Waals surface area contributed by atoms with Crippen molar-refractivity contribution in [3.63, 3.8) is 0 Å². The fourth-order valence-electron chi connectivity index (χ4n) is 2.96. The Morgan fingerprint density at radius 3 is 2.88 bits per heavy atom. The second-order valence-electron chi connectivity index (χ2n) is 5.15. The summed E-state index contributed by atoms with van der Waals surface area (Å²) in [6.45, 7) is 2.95. The monoisotopic (exact) mass is 233 g/mol. The van der Waals surface area contributed by atoms with E-state index in [1.165, 1.54) is 36.9 Å². The first-order valence-corrected chi connectivity index (χ1v) is 6.60. The largest absolute Gasteiger partial charge is 0.370 e. The summed E-state index contributed by atoms with van der Waals surface area (Å²) in [5.41, 5.74) is 8.20. The summed E-state index contributed by atoms with van der Waals surface area (Å²) in [6, 6.07) is 2.66. The van der Waals surface area contributed by atoms with E-state index in [9.17, 15) is 0 Å². The number of nitrogens with zero attached hydrogens (tertiary/aromatic N) is 2.